The first-order valence-electron chi connectivity index (χ1n) is 7.05. The van der Waals surface area contributed by atoms with Crippen LogP contribution in [0.3, 0.4) is 0 Å². The molecule has 0 saturated heterocycles. The zero-order chi connectivity index (χ0) is 15.5. The molecule has 0 bridgehead atoms. The van der Waals surface area contributed by atoms with Gasteiger partial charge in [0.1, 0.15) is 0 Å². The minimum absolute atomic E-state index is 0.0597. The van der Waals surface area contributed by atoms with Crippen molar-refractivity contribution in [3.8, 4) is 10.4 Å². The first kappa shape index (κ1) is 14.9. The third kappa shape index (κ3) is 3.24. The lowest BCUT2D eigenvalue weighted by atomic mass is 10.0. The fourth-order valence-corrected chi connectivity index (χ4v) is 3.37. The molecule has 1 aromatic carbocycles. The van der Waals surface area contributed by atoms with Crippen LogP contribution in [0.25, 0.3) is 10.4 Å². The number of aliphatic hydroxyl groups excluding tert-OH is 1. The number of benzene rings is 1. The van der Waals surface area contributed by atoms with Crippen molar-refractivity contribution < 1.29 is 9.50 Å². The van der Waals surface area contributed by atoms with Gasteiger partial charge in [-0.25, -0.2) is 4.98 Å². The molecular weight excluding hydrogens is 297 g/mol. The maximum absolute atomic E-state index is 12.9. The minimum atomic E-state index is -0.461. The lowest BCUT2D eigenvalue weighted by Crippen LogP contribution is -1.92. The van der Waals surface area contributed by atoms with Crippen LogP contribution in [-0.4, -0.2) is 10.1 Å². The Balaban J connectivity index is 1.84. The van der Waals surface area contributed by atoms with Crippen LogP contribution in [0.5, 0.6) is 0 Å². The van der Waals surface area contributed by atoms with E-state index in [1.165, 1.54) is 22.1 Å². The second kappa shape index (κ2) is 6.38. The second-order valence-electron chi connectivity index (χ2n) is 5.23. The van der Waals surface area contributed by atoms with Crippen LogP contribution in [0.1, 0.15) is 21.6 Å². The van der Waals surface area contributed by atoms with Crippen molar-refractivity contribution in [1.82, 2.24) is 4.98 Å². The number of hydrogen-bond donors (Lipinski definition) is 1. The highest BCUT2D eigenvalue weighted by atomic mass is 32.1. The van der Waals surface area contributed by atoms with Gasteiger partial charge in [-0.3, -0.25) is 0 Å². The highest BCUT2D eigenvalue weighted by Crippen LogP contribution is 2.29. The van der Waals surface area contributed by atoms with Crippen molar-refractivity contribution in [2.75, 3.05) is 0 Å². The van der Waals surface area contributed by atoms with Gasteiger partial charge in [-0.05, 0) is 47.9 Å². The SMILES string of the molecule is Cc1ccc(CO)cc1Cc1ccc(-c2ccc(F)nc2)s1. The van der Waals surface area contributed by atoms with Gasteiger partial charge in [0, 0.05) is 27.9 Å². The molecule has 0 atom stereocenters. The Labute approximate surface area is 132 Å². The van der Waals surface area contributed by atoms with Crippen LogP contribution in [0.2, 0.25) is 0 Å². The molecule has 2 heterocycles. The predicted molar refractivity (Wildman–Crippen MR) is 87.4 cm³/mol. The van der Waals surface area contributed by atoms with E-state index in [4.69, 9.17) is 0 Å². The highest BCUT2D eigenvalue weighted by Gasteiger charge is 2.07. The molecule has 0 fully saturated rings. The minimum Gasteiger partial charge on any atom is -0.392 e. The molecule has 3 rings (SSSR count). The van der Waals surface area contributed by atoms with Gasteiger partial charge in [0.25, 0.3) is 0 Å². The molecule has 0 radical (unpaired) electrons. The summed E-state index contributed by atoms with van der Waals surface area (Å²) in [7, 11) is 0. The number of pyridine rings is 1. The van der Waals surface area contributed by atoms with Crippen molar-refractivity contribution in [2.24, 2.45) is 0 Å². The molecule has 2 nitrogen and oxygen atoms in total. The van der Waals surface area contributed by atoms with Crippen molar-refractivity contribution in [3.05, 3.63) is 76.2 Å². The number of aliphatic hydroxyl groups is 1. The van der Waals surface area contributed by atoms with E-state index in [1.54, 1.807) is 23.6 Å². The van der Waals surface area contributed by atoms with Crippen LogP contribution in [0.15, 0.2) is 48.7 Å². The van der Waals surface area contributed by atoms with E-state index < -0.39 is 5.95 Å². The van der Waals surface area contributed by atoms with Crippen LogP contribution in [-0.2, 0) is 13.0 Å². The van der Waals surface area contributed by atoms with Crippen molar-refractivity contribution >= 4 is 11.3 Å². The molecule has 112 valence electrons. The standard InChI is InChI=1S/C18H16FNOS/c1-12-2-3-13(11-21)8-15(12)9-16-5-6-17(22-16)14-4-7-18(19)20-10-14/h2-8,10,21H,9,11H2,1H3. The maximum atomic E-state index is 12.9. The summed E-state index contributed by atoms with van der Waals surface area (Å²) in [5.74, 6) is -0.461. The molecule has 1 N–H and O–H groups in total. The number of halogens is 1. The molecule has 2 aromatic heterocycles. The predicted octanol–water partition coefficient (Wildman–Crippen LogP) is 4.34. The summed E-state index contributed by atoms with van der Waals surface area (Å²) in [6.45, 7) is 2.14. The summed E-state index contributed by atoms with van der Waals surface area (Å²) >= 11 is 1.68. The van der Waals surface area contributed by atoms with Crippen molar-refractivity contribution in [1.29, 1.82) is 0 Å². The van der Waals surface area contributed by atoms with Crippen molar-refractivity contribution in [2.45, 2.75) is 20.0 Å². The number of nitrogens with zero attached hydrogens (tertiary/aromatic N) is 1. The zero-order valence-corrected chi connectivity index (χ0v) is 13.0. The van der Waals surface area contributed by atoms with Crippen LogP contribution in [0, 0.1) is 12.9 Å². The van der Waals surface area contributed by atoms with Gasteiger partial charge in [0.05, 0.1) is 6.61 Å². The fraction of sp³-hybridized carbons (Fsp3) is 0.167. The summed E-state index contributed by atoms with van der Waals surface area (Å²) in [4.78, 5) is 6.01. The molecule has 0 spiro atoms. The van der Waals surface area contributed by atoms with Gasteiger partial charge in [-0.2, -0.15) is 4.39 Å². The Morgan fingerprint density at radius 3 is 2.73 bits per heavy atom. The van der Waals surface area contributed by atoms with Gasteiger partial charge >= 0.3 is 0 Å². The Bertz CT molecular complexity index is 780. The van der Waals surface area contributed by atoms with Crippen LogP contribution < -0.4 is 0 Å². The molecule has 22 heavy (non-hydrogen) atoms. The number of thiophene rings is 1. The third-order valence-electron chi connectivity index (χ3n) is 3.63. The van der Waals surface area contributed by atoms with E-state index in [0.717, 1.165) is 22.4 Å². The number of rotatable bonds is 4. The summed E-state index contributed by atoms with van der Waals surface area (Å²) in [5, 5.41) is 9.26. The fourth-order valence-electron chi connectivity index (χ4n) is 2.35. The lowest BCUT2D eigenvalue weighted by molar-refractivity contribution is 0.281. The maximum Gasteiger partial charge on any atom is 0.212 e. The van der Waals surface area contributed by atoms with Crippen LogP contribution in [0.4, 0.5) is 4.39 Å². The van der Waals surface area contributed by atoms with Crippen molar-refractivity contribution in [3.63, 3.8) is 0 Å². The van der Waals surface area contributed by atoms with E-state index >= 15 is 0 Å². The molecule has 0 amide bonds. The highest BCUT2D eigenvalue weighted by molar-refractivity contribution is 7.15. The average molecular weight is 313 g/mol. The first-order valence-corrected chi connectivity index (χ1v) is 7.87. The monoisotopic (exact) mass is 313 g/mol. The van der Waals surface area contributed by atoms with Gasteiger partial charge in [0.2, 0.25) is 5.95 Å². The molecule has 3 aromatic rings. The summed E-state index contributed by atoms with van der Waals surface area (Å²) in [5.41, 5.74) is 4.30. The third-order valence-corrected chi connectivity index (χ3v) is 4.77. The molecule has 0 saturated carbocycles. The Morgan fingerprint density at radius 1 is 1.14 bits per heavy atom. The van der Waals surface area contributed by atoms with Gasteiger partial charge in [-0.1, -0.05) is 18.2 Å². The molecule has 0 aliphatic heterocycles. The lowest BCUT2D eigenvalue weighted by Gasteiger charge is -2.06. The topological polar surface area (TPSA) is 33.1 Å². The van der Waals surface area contributed by atoms with E-state index in [2.05, 4.69) is 18.0 Å². The second-order valence-corrected chi connectivity index (χ2v) is 6.40. The summed E-state index contributed by atoms with van der Waals surface area (Å²) < 4.78 is 12.9. The largest absolute Gasteiger partial charge is 0.392 e. The molecule has 0 unspecified atom stereocenters. The number of aromatic nitrogens is 1. The molecule has 0 aliphatic carbocycles. The number of hydrogen-bond acceptors (Lipinski definition) is 3. The smallest absolute Gasteiger partial charge is 0.212 e. The van der Waals surface area contributed by atoms with E-state index in [1.807, 2.05) is 24.3 Å². The first-order chi connectivity index (χ1) is 10.7. The summed E-state index contributed by atoms with van der Waals surface area (Å²) in [6.07, 6.45) is 2.39. The quantitative estimate of drug-likeness (QED) is 0.727. The Morgan fingerprint density at radius 2 is 2.00 bits per heavy atom. The molecule has 0 aliphatic rings. The number of aryl methyl sites for hydroxylation is 1. The summed E-state index contributed by atoms with van der Waals surface area (Å²) in [6, 6.07) is 13.3. The van der Waals surface area contributed by atoms with E-state index in [-0.39, 0.29) is 6.61 Å². The van der Waals surface area contributed by atoms with E-state index in [0.29, 0.717) is 0 Å². The van der Waals surface area contributed by atoms with Crippen LogP contribution >= 0.6 is 11.3 Å². The zero-order valence-electron chi connectivity index (χ0n) is 12.2. The Hall–Kier alpha value is -2.04. The molecule has 4 heteroatoms. The van der Waals surface area contributed by atoms with Gasteiger partial charge < -0.3 is 5.11 Å². The van der Waals surface area contributed by atoms with Gasteiger partial charge in [0.15, 0.2) is 0 Å². The molecular formula is C18H16FNOS. The van der Waals surface area contributed by atoms with E-state index in [9.17, 15) is 9.50 Å². The Kier molecular flexibility index (Phi) is 4.32. The average Bonchev–Trinajstić information content (AvgIpc) is 2.99. The normalized spacial score (nSPS) is 10.9. The van der Waals surface area contributed by atoms with Gasteiger partial charge in [-0.15, -0.1) is 11.3 Å².